The minimum absolute atomic E-state index is 0.154. The Morgan fingerprint density at radius 2 is 1.90 bits per heavy atom. The molecular weight excluding hydrogens is 294 g/mol. The minimum Gasteiger partial charge on any atom is -0.436 e. The summed E-state index contributed by atoms with van der Waals surface area (Å²) in [6.07, 6.45) is 0. The predicted molar refractivity (Wildman–Crippen MR) is 77.2 cm³/mol. The normalized spacial score (nSPS) is 11.4. The molecule has 2 rings (SSSR count). The van der Waals surface area contributed by atoms with Crippen LogP contribution in [0.25, 0.3) is 0 Å². The predicted octanol–water partition coefficient (Wildman–Crippen LogP) is 1.33. The molecule has 0 radical (unpaired) electrons. The topological polar surface area (TPSA) is 115 Å². The van der Waals surface area contributed by atoms with E-state index in [4.69, 9.17) is 9.56 Å². The Morgan fingerprint density at radius 1 is 1.29 bits per heavy atom. The largest absolute Gasteiger partial charge is 0.436 e. The van der Waals surface area contributed by atoms with Crippen LogP contribution in [0.15, 0.2) is 28.7 Å². The number of anilines is 1. The molecule has 0 bridgehead atoms. The quantitative estimate of drug-likeness (QED) is 0.884. The molecule has 7 nitrogen and oxygen atoms in total. The molecule has 0 aliphatic carbocycles. The lowest BCUT2D eigenvalue weighted by Crippen LogP contribution is -2.15. The number of amides is 1. The van der Waals surface area contributed by atoms with Gasteiger partial charge in [0.1, 0.15) is 0 Å². The molecule has 0 saturated heterocycles. The monoisotopic (exact) mass is 309 g/mol. The molecule has 0 aliphatic heterocycles. The lowest BCUT2D eigenvalue weighted by atomic mass is 10.2. The number of oxazole rings is 1. The van der Waals surface area contributed by atoms with E-state index in [-0.39, 0.29) is 11.5 Å². The summed E-state index contributed by atoms with van der Waals surface area (Å²) in [5.74, 6) is -0.0868. The van der Waals surface area contributed by atoms with Gasteiger partial charge < -0.3 is 9.73 Å². The molecule has 0 fully saturated rings. The number of hydrogen-bond acceptors (Lipinski definition) is 5. The minimum atomic E-state index is -3.57. The highest BCUT2D eigenvalue weighted by atomic mass is 32.2. The van der Waals surface area contributed by atoms with Gasteiger partial charge >= 0.3 is 0 Å². The zero-order chi connectivity index (χ0) is 15.6. The summed E-state index contributed by atoms with van der Waals surface area (Å²) in [5.41, 5.74) is 1.57. The van der Waals surface area contributed by atoms with Gasteiger partial charge in [0.2, 0.25) is 15.8 Å². The van der Waals surface area contributed by atoms with Crippen molar-refractivity contribution in [3.8, 4) is 0 Å². The van der Waals surface area contributed by atoms with E-state index in [1.807, 2.05) is 0 Å². The molecule has 112 valence electrons. The van der Waals surface area contributed by atoms with E-state index in [1.165, 1.54) is 0 Å². The van der Waals surface area contributed by atoms with Gasteiger partial charge in [0.05, 0.1) is 11.4 Å². The highest BCUT2D eigenvalue weighted by molar-refractivity contribution is 7.88. The molecule has 8 heteroatoms. The number of rotatable bonds is 4. The van der Waals surface area contributed by atoms with Gasteiger partial charge in [0.25, 0.3) is 5.91 Å². The third-order valence-electron chi connectivity index (χ3n) is 2.69. The number of aryl methyl sites for hydroxylation is 2. The van der Waals surface area contributed by atoms with Crippen LogP contribution >= 0.6 is 0 Å². The summed E-state index contributed by atoms with van der Waals surface area (Å²) in [7, 11) is -3.57. The van der Waals surface area contributed by atoms with Crippen LogP contribution < -0.4 is 10.5 Å². The third kappa shape index (κ3) is 4.14. The number of carbonyl (C=O) groups excluding carboxylic acids is 1. The molecule has 3 N–H and O–H groups in total. The molecular formula is C13H15N3O4S. The molecule has 0 unspecified atom stereocenters. The molecule has 1 aromatic heterocycles. The van der Waals surface area contributed by atoms with E-state index in [0.717, 1.165) is 0 Å². The van der Waals surface area contributed by atoms with Crippen LogP contribution in [0.4, 0.5) is 5.69 Å². The van der Waals surface area contributed by atoms with Crippen LogP contribution in [0.2, 0.25) is 0 Å². The van der Waals surface area contributed by atoms with E-state index in [2.05, 4.69) is 10.3 Å². The number of carbonyl (C=O) groups is 1. The molecule has 21 heavy (non-hydrogen) atoms. The van der Waals surface area contributed by atoms with Gasteiger partial charge in [-0.15, -0.1) is 0 Å². The van der Waals surface area contributed by atoms with E-state index in [9.17, 15) is 13.2 Å². The Morgan fingerprint density at radius 3 is 2.38 bits per heavy atom. The van der Waals surface area contributed by atoms with Crippen LogP contribution in [0.1, 0.15) is 27.7 Å². The molecule has 1 aromatic carbocycles. The number of aromatic nitrogens is 1. The Balaban J connectivity index is 2.10. The van der Waals surface area contributed by atoms with Gasteiger partial charge in [0.15, 0.2) is 5.89 Å². The van der Waals surface area contributed by atoms with Crippen molar-refractivity contribution in [3.63, 3.8) is 0 Å². The second kappa shape index (κ2) is 5.66. The van der Waals surface area contributed by atoms with Gasteiger partial charge in [0, 0.05) is 12.6 Å². The van der Waals surface area contributed by atoms with Crippen LogP contribution in [0.3, 0.4) is 0 Å². The maximum Gasteiger partial charge on any atom is 0.293 e. The van der Waals surface area contributed by atoms with Crippen molar-refractivity contribution < 1.29 is 17.6 Å². The van der Waals surface area contributed by atoms with Crippen molar-refractivity contribution in [2.75, 3.05) is 5.32 Å². The Kier molecular flexibility index (Phi) is 4.10. The molecule has 0 atom stereocenters. The fourth-order valence-electron chi connectivity index (χ4n) is 1.85. The molecule has 1 amide bonds. The van der Waals surface area contributed by atoms with Crippen molar-refractivity contribution in [1.29, 1.82) is 0 Å². The summed E-state index contributed by atoms with van der Waals surface area (Å²) in [6.45, 7) is 3.34. The average Bonchev–Trinajstić information content (AvgIpc) is 2.69. The lowest BCUT2D eigenvalue weighted by Gasteiger charge is -2.05. The van der Waals surface area contributed by atoms with E-state index < -0.39 is 15.9 Å². The maximum atomic E-state index is 12.0. The zero-order valence-corrected chi connectivity index (χ0v) is 12.4. The molecule has 0 spiro atoms. The summed E-state index contributed by atoms with van der Waals surface area (Å²) in [5, 5.41) is 7.61. The van der Waals surface area contributed by atoms with Gasteiger partial charge in [-0.05, 0) is 24.6 Å². The Hall–Kier alpha value is -2.19. The fraction of sp³-hybridized carbons (Fsp3) is 0.231. The third-order valence-corrected chi connectivity index (χ3v) is 3.43. The number of nitrogens with one attached hydrogen (secondary N) is 1. The molecule has 0 aliphatic rings. The van der Waals surface area contributed by atoms with Crippen molar-refractivity contribution in [3.05, 3.63) is 47.2 Å². The second-order valence-corrected chi connectivity index (χ2v) is 6.22. The van der Waals surface area contributed by atoms with Gasteiger partial charge in [-0.2, -0.15) is 0 Å². The number of hydrogen-bond donors (Lipinski definition) is 2. The standard InChI is InChI=1S/C13H15N3O4S/c1-8-12(20-9(2)15-8)13(17)16-11-5-3-10(4-6-11)7-21(14,18)19/h3-6H,7H2,1-2H3,(H,16,17)(H2,14,18,19). The molecule has 2 aromatic rings. The van der Waals surface area contributed by atoms with E-state index in [0.29, 0.717) is 22.8 Å². The molecule has 0 saturated carbocycles. The average molecular weight is 309 g/mol. The van der Waals surface area contributed by atoms with Gasteiger partial charge in [-0.3, -0.25) is 4.79 Å². The SMILES string of the molecule is Cc1nc(C)c(C(=O)Nc2ccc(CS(N)(=O)=O)cc2)o1. The highest BCUT2D eigenvalue weighted by Gasteiger charge is 2.16. The number of nitrogens with two attached hydrogens (primary N) is 1. The first kappa shape index (κ1) is 15.2. The summed E-state index contributed by atoms with van der Waals surface area (Å²) in [6, 6.07) is 6.35. The van der Waals surface area contributed by atoms with Crippen LogP contribution in [-0.4, -0.2) is 19.3 Å². The Bertz CT molecular complexity index is 763. The van der Waals surface area contributed by atoms with Crippen molar-refractivity contribution in [2.45, 2.75) is 19.6 Å². The number of primary sulfonamides is 1. The van der Waals surface area contributed by atoms with Gasteiger partial charge in [-0.1, -0.05) is 12.1 Å². The number of benzene rings is 1. The van der Waals surface area contributed by atoms with Crippen LogP contribution in [0, 0.1) is 13.8 Å². The van der Waals surface area contributed by atoms with E-state index in [1.54, 1.807) is 38.1 Å². The Labute approximate surface area is 122 Å². The first-order valence-electron chi connectivity index (χ1n) is 6.09. The smallest absolute Gasteiger partial charge is 0.293 e. The number of nitrogens with zero attached hydrogens (tertiary/aromatic N) is 1. The zero-order valence-electron chi connectivity index (χ0n) is 11.6. The highest BCUT2D eigenvalue weighted by Crippen LogP contribution is 2.15. The van der Waals surface area contributed by atoms with Crippen molar-refractivity contribution in [1.82, 2.24) is 4.98 Å². The van der Waals surface area contributed by atoms with Crippen LogP contribution in [0.5, 0.6) is 0 Å². The van der Waals surface area contributed by atoms with Crippen molar-refractivity contribution in [2.24, 2.45) is 5.14 Å². The summed E-state index contributed by atoms with van der Waals surface area (Å²) < 4.78 is 27.2. The van der Waals surface area contributed by atoms with Crippen LogP contribution in [-0.2, 0) is 15.8 Å². The van der Waals surface area contributed by atoms with Crippen molar-refractivity contribution >= 4 is 21.6 Å². The fourth-order valence-corrected chi connectivity index (χ4v) is 2.50. The number of sulfonamides is 1. The van der Waals surface area contributed by atoms with Gasteiger partial charge in [-0.25, -0.2) is 18.5 Å². The first-order valence-corrected chi connectivity index (χ1v) is 7.81. The first-order chi connectivity index (χ1) is 9.74. The molecule has 1 heterocycles. The lowest BCUT2D eigenvalue weighted by molar-refractivity contribution is 0.0994. The summed E-state index contributed by atoms with van der Waals surface area (Å²) >= 11 is 0. The van der Waals surface area contributed by atoms with E-state index >= 15 is 0 Å². The summed E-state index contributed by atoms with van der Waals surface area (Å²) in [4.78, 5) is 16.0. The maximum absolute atomic E-state index is 12.0. The second-order valence-electron chi connectivity index (χ2n) is 4.61.